The molecule has 3 heteroatoms. The van der Waals surface area contributed by atoms with Crippen molar-refractivity contribution < 1.29 is 4.39 Å². The highest BCUT2D eigenvalue weighted by molar-refractivity contribution is 4.97. The average molecular weight is 186 g/mol. The number of alkyl halides is 1. The van der Waals surface area contributed by atoms with Crippen LogP contribution in [0.3, 0.4) is 0 Å². The second-order valence-corrected chi connectivity index (χ2v) is 4.51. The first-order chi connectivity index (χ1) is 6.22. The summed E-state index contributed by atoms with van der Waals surface area (Å²) in [6, 6.07) is 0.580. The SMILES string of the molecule is CNC1CCCN(CC2(F)CC2)C1. The molecule has 1 aliphatic heterocycles. The van der Waals surface area contributed by atoms with E-state index in [9.17, 15) is 4.39 Å². The smallest absolute Gasteiger partial charge is 0.123 e. The van der Waals surface area contributed by atoms with Gasteiger partial charge in [0.1, 0.15) is 5.67 Å². The van der Waals surface area contributed by atoms with Crippen LogP contribution in [-0.2, 0) is 0 Å². The van der Waals surface area contributed by atoms with Crippen LogP contribution in [0.15, 0.2) is 0 Å². The number of rotatable bonds is 3. The minimum Gasteiger partial charge on any atom is -0.316 e. The number of nitrogens with one attached hydrogen (secondary N) is 1. The highest BCUT2D eigenvalue weighted by Gasteiger charge is 2.44. The molecule has 1 N–H and O–H groups in total. The zero-order valence-corrected chi connectivity index (χ0v) is 8.35. The molecule has 0 bridgehead atoms. The van der Waals surface area contributed by atoms with Crippen LogP contribution in [0.2, 0.25) is 0 Å². The van der Waals surface area contributed by atoms with Gasteiger partial charge in [-0.3, -0.25) is 4.90 Å². The number of hydrogen-bond donors (Lipinski definition) is 1. The number of likely N-dealkylation sites (N-methyl/N-ethyl adjacent to an activating group) is 1. The first-order valence-corrected chi connectivity index (χ1v) is 5.30. The van der Waals surface area contributed by atoms with Gasteiger partial charge < -0.3 is 5.32 Å². The number of likely N-dealkylation sites (tertiary alicyclic amines) is 1. The summed E-state index contributed by atoms with van der Waals surface area (Å²) < 4.78 is 13.5. The largest absolute Gasteiger partial charge is 0.316 e. The highest BCUT2D eigenvalue weighted by atomic mass is 19.1. The minimum absolute atomic E-state index is 0.580. The van der Waals surface area contributed by atoms with E-state index in [2.05, 4.69) is 10.2 Å². The molecule has 76 valence electrons. The van der Waals surface area contributed by atoms with Gasteiger partial charge >= 0.3 is 0 Å². The average Bonchev–Trinajstić information content (AvgIpc) is 2.84. The van der Waals surface area contributed by atoms with E-state index in [1.54, 1.807) is 0 Å². The maximum absolute atomic E-state index is 13.5. The van der Waals surface area contributed by atoms with E-state index >= 15 is 0 Å². The molecule has 1 saturated carbocycles. The van der Waals surface area contributed by atoms with Crippen molar-refractivity contribution in [3.05, 3.63) is 0 Å². The minimum atomic E-state index is -0.810. The topological polar surface area (TPSA) is 15.3 Å². The van der Waals surface area contributed by atoms with Crippen molar-refractivity contribution in [2.24, 2.45) is 0 Å². The molecule has 0 aromatic carbocycles. The lowest BCUT2D eigenvalue weighted by Crippen LogP contribution is -2.46. The van der Waals surface area contributed by atoms with Gasteiger partial charge in [-0.1, -0.05) is 0 Å². The van der Waals surface area contributed by atoms with Crippen LogP contribution in [0.1, 0.15) is 25.7 Å². The van der Waals surface area contributed by atoms with E-state index in [4.69, 9.17) is 0 Å². The predicted molar refractivity (Wildman–Crippen MR) is 51.6 cm³/mol. The Balaban J connectivity index is 1.78. The van der Waals surface area contributed by atoms with E-state index in [-0.39, 0.29) is 0 Å². The molecule has 0 aromatic rings. The van der Waals surface area contributed by atoms with Crippen LogP contribution >= 0.6 is 0 Å². The summed E-state index contributed by atoms with van der Waals surface area (Å²) >= 11 is 0. The van der Waals surface area contributed by atoms with E-state index in [0.717, 1.165) is 25.9 Å². The summed E-state index contributed by atoms with van der Waals surface area (Å²) in [4.78, 5) is 2.28. The Morgan fingerprint density at radius 1 is 1.54 bits per heavy atom. The van der Waals surface area contributed by atoms with E-state index in [1.165, 1.54) is 12.8 Å². The maximum Gasteiger partial charge on any atom is 0.123 e. The fourth-order valence-corrected chi connectivity index (χ4v) is 2.13. The normalized spacial score (nSPS) is 33.2. The van der Waals surface area contributed by atoms with Gasteiger partial charge in [-0.15, -0.1) is 0 Å². The summed E-state index contributed by atoms with van der Waals surface area (Å²) in [7, 11) is 2.00. The second kappa shape index (κ2) is 3.54. The molecule has 1 unspecified atom stereocenters. The third-order valence-electron chi connectivity index (χ3n) is 3.21. The second-order valence-electron chi connectivity index (χ2n) is 4.51. The Hall–Kier alpha value is -0.150. The zero-order valence-electron chi connectivity index (χ0n) is 8.35. The van der Waals surface area contributed by atoms with Gasteiger partial charge in [-0.05, 0) is 39.3 Å². The molecule has 1 atom stereocenters. The monoisotopic (exact) mass is 186 g/mol. The zero-order chi connectivity index (χ0) is 9.31. The molecule has 1 heterocycles. The lowest BCUT2D eigenvalue weighted by Gasteiger charge is -2.33. The molecule has 2 fully saturated rings. The van der Waals surface area contributed by atoms with Gasteiger partial charge in [-0.25, -0.2) is 4.39 Å². The Bertz CT molecular complexity index is 180. The Morgan fingerprint density at radius 3 is 2.92 bits per heavy atom. The summed E-state index contributed by atoms with van der Waals surface area (Å²) in [6.07, 6.45) is 4.02. The van der Waals surface area contributed by atoms with E-state index in [0.29, 0.717) is 12.6 Å². The lowest BCUT2D eigenvalue weighted by molar-refractivity contribution is 0.136. The highest BCUT2D eigenvalue weighted by Crippen LogP contribution is 2.40. The van der Waals surface area contributed by atoms with Gasteiger partial charge in [0.05, 0.1) is 0 Å². The van der Waals surface area contributed by atoms with E-state index < -0.39 is 5.67 Å². The number of halogens is 1. The Labute approximate surface area is 79.5 Å². The van der Waals surface area contributed by atoms with Crippen molar-refractivity contribution in [3.8, 4) is 0 Å². The van der Waals surface area contributed by atoms with Crippen LogP contribution in [0, 0.1) is 0 Å². The van der Waals surface area contributed by atoms with Crippen LogP contribution in [-0.4, -0.2) is 43.3 Å². The molecule has 2 nitrogen and oxygen atoms in total. The first-order valence-electron chi connectivity index (χ1n) is 5.30. The molecule has 0 spiro atoms. The lowest BCUT2D eigenvalue weighted by atomic mass is 10.1. The van der Waals surface area contributed by atoms with Crippen LogP contribution in [0.4, 0.5) is 4.39 Å². The molecule has 2 aliphatic rings. The Kier molecular flexibility index (Phi) is 2.56. The summed E-state index contributed by atoms with van der Waals surface area (Å²) in [5, 5.41) is 3.28. The van der Waals surface area contributed by atoms with Gasteiger partial charge in [0.2, 0.25) is 0 Å². The summed E-state index contributed by atoms with van der Waals surface area (Å²) in [6.45, 7) is 2.79. The molecule has 1 aliphatic carbocycles. The fourth-order valence-electron chi connectivity index (χ4n) is 2.13. The number of nitrogens with zero attached hydrogens (tertiary/aromatic N) is 1. The third-order valence-corrected chi connectivity index (χ3v) is 3.21. The summed E-state index contributed by atoms with van der Waals surface area (Å²) in [5.41, 5.74) is -0.810. The van der Waals surface area contributed by atoms with Crippen molar-refractivity contribution in [1.29, 1.82) is 0 Å². The van der Waals surface area contributed by atoms with Gasteiger partial charge in [-0.2, -0.15) is 0 Å². The van der Waals surface area contributed by atoms with Crippen molar-refractivity contribution in [2.45, 2.75) is 37.4 Å². The van der Waals surface area contributed by atoms with Crippen LogP contribution in [0.5, 0.6) is 0 Å². The molecule has 13 heavy (non-hydrogen) atoms. The first kappa shape index (κ1) is 9.41. The van der Waals surface area contributed by atoms with E-state index in [1.807, 2.05) is 7.05 Å². The maximum atomic E-state index is 13.5. The van der Waals surface area contributed by atoms with Gasteiger partial charge in [0.15, 0.2) is 0 Å². The fraction of sp³-hybridized carbons (Fsp3) is 1.00. The molecule has 2 rings (SSSR count). The van der Waals surface area contributed by atoms with Gasteiger partial charge in [0, 0.05) is 19.1 Å². The Morgan fingerprint density at radius 2 is 2.31 bits per heavy atom. The molecule has 0 aromatic heterocycles. The molecule has 1 saturated heterocycles. The standard InChI is InChI=1S/C10H19FN2/c1-12-9-3-2-6-13(7-9)8-10(11)4-5-10/h9,12H,2-8H2,1H3. The van der Waals surface area contributed by atoms with Crippen LogP contribution in [0.25, 0.3) is 0 Å². The molecular formula is C10H19FN2. The number of piperidine rings is 1. The number of hydrogen-bond acceptors (Lipinski definition) is 2. The predicted octanol–water partition coefficient (Wildman–Crippen LogP) is 1.17. The summed E-state index contributed by atoms with van der Waals surface area (Å²) in [5.74, 6) is 0. The van der Waals surface area contributed by atoms with Crippen molar-refractivity contribution >= 4 is 0 Å². The molecule has 0 amide bonds. The third kappa shape index (κ3) is 2.41. The van der Waals surface area contributed by atoms with Crippen molar-refractivity contribution in [3.63, 3.8) is 0 Å². The molecular weight excluding hydrogens is 167 g/mol. The molecule has 0 radical (unpaired) electrons. The van der Waals surface area contributed by atoms with Gasteiger partial charge in [0.25, 0.3) is 0 Å². The van der Waals surface area contributed by atoms with Crippen molar-refractivity contribution in [1.82, 2.24) is 10.2 Å². The van der Waals surface area contributed by atoms with Crippen molar-refractivity contribution in [2.75, 3.05) is 26.7 Å². The van der Waals surface area contributed by atoms with Crippen LogP contribution < -0.4 is 5.32 Å². The quantitative estimate of drug-likeness (QED) is 0.712.